The second-order valence-corrected chi connectivity index (χ2v) is 7.30. The summed E-state index contributed by atoms with van der Waals surface area (Å²) < 4.78 is 7.24. The molecule has 1 fully saturated rings. The lowest BCUT2D eigenvalue weighted by Gasteiger charge is -2.28. The first-order valence-electron chi connectivity index (χ1n) is 8.71. The van der Waals surface area contributed by atoms with Gasteiger partial charge >= 0.3 is 0 Å². The van der Waals surface area contributed by atoms with E-state index in [1.807, 2.05) is 55.7 Å². The van der Waals surface area contributed by atoms with Gasteiger partial charge in [-0.2, -0.15) is 5.26 Å². The zero-order valence-corrected chi connectivity index (χ0v) is 15.3. The molecule has 0 radical (unpaired) electrons. The van der Waals surface area contributed by atoms with Crippen molar-refractivity contribution in [1.29, 1.82) is 5.26 Å². The predicted molar refractivity (Wildman–Crippen MR) is 97.2 cm³/mol. The average molecular weight is 353 g/mol. The molecule has 0 saturated carbocycles. The lowest BCUT2D eigenvalue weighted by Crippen LogP contribution is -2.38. The lowest BCUT2D eigenvalue weighted by atomic mass is 9.83. The number of nitriles is 1. The molecule has 3 rings (SSSR count). The van der Waals surface area contributed by atoms with Crippen LogP contribution in [0.4, 0.5) is 5.95 Å². The van der Waals surface area contributed by atoms with Crippen LogP contribution < -0.4 is 4.90 Å². The fourth-order valence-electron chi connectivity index (χ4n) is 2.93. The van der Waals surface area contributed by atoms with Crippen LogP contribution in [0.25, 0.3) is 5.69 Å². The molecule has 1 aromatic carbocycles. The van der Waals surface area contributed by atoms with Crippen molar-refractivity contribution in [3.05, 3.63) is 36.2 Å². The van der Waals surface area contributed by atoms with Crippen LogP contribution in [0.2, 0.25) is 0 Å². The molecule has 7 heteroatoms. The van der Waals surface area contributed by atoms with E-state index in [0.29, 0.717) is 38.1 Å². The van der Waals surface area contributed by atoms with Crippen molar-refractivity contribution in [1.82, 2.24) is 14.8 Å². The average Bonchev–Trinajstić information content (AvgIpc) is 3.08. The van der Waals surface area contributed by atoms with Gasteiger partial charge in [-0.3, -0.25) is 9.36 Å². The highest BCUT2D eigenvalue weighted by Crippen LogP contribution is 2.30. The van der Waals surface area contributed by atoms with Gasteiger partial charge in [-0.05, 0) is 12.1 Å². The Morgan fingerprint density at radius 3 is 2.42 bits per heavy atom. The highest BCUT2D eigenvalue weighted by atomic mass is 16.5. The number of rotatable bonds is 4. The molecule has 7 nitrogen and oxygen atoms in total. The van der Waals surface area contributed by atoms with Gasteiger partial charge in [0.2, 0.25) is 5.95 Å². The minimum absolute atomic E-state index is 0.168. The Morgan fingerprint density at radius 2 is 1.85 bits per heavy atom. The summed E-state index contributed by atoms with van der Waals surface area (Å²) in [7, 11) is 0. The maximum Gasteiger partial charge on any atom is 0.232 e. The van der Waals surface area contributed by atoms with Crippen LogP contribution in [0.15, 0.2) is 30.3 Å². The Kier molecular flexibility index (Phi) is 5.05. The van der Waals surface area contributed by atoms with Crippen molar-refractivity contribution in [2.45, 2.75) is 26.7 Å². The van der Waals surface area contributed by atoms with E-state index in [0.717, 1.165) is 5.69 Å². The van der Waals surface area contributed by atoms with Crippen molar-refractivity contribution < 1.29 is 9.53 Å². The van der Waals surface area contributed by atoms with Crippen LogP contribution in [-0.2, 0) is 9.53 Å². The molecule has 136 valence electrons. The van der Waals surface area contributed by atoms with Crippen molar-refractivity contribution in [3.63, 3.8) is 0 Å². The second-order valence-electron chi connectivity index (χ2n) is 7.30. The fourth-order valence-corrected chi connectivity index (χ4v) is 2.93. The number of benzene rings is 1. The molecule has 1 aliphatic rings. The Morgan fingerprint density at radius 1 is 1.19 bits per heavy atom. The first kappa shape index (κ1) is 18.1. The second kappa shape index (κ2) is 7.26. The summed E-state index contributed by atoms with van der Waals surface area (Å²) in [5.41, 5.74) is 0.184. The molecule has 1 unspecified atom stereocenters. The van der Waals surface area contributed by atoms with Crippen LogP contribution in [-0.4, -0.2) is 46.9 Å². The van der Waals surface area contributed by atoms with E-state index < -0.39 is 11.3 Å². The molecule has 1 saturated heterocycles. The summed E-state index contributed by atoms with van der Waals surface area (Å²) in [6.07, 6.45) is 0. The zero-order valence-electron chi connectivity index (χ0n) is 15.3. The first-order valence-corrected chi connectivity index (χ1v) is 8.71. The highest BCUT2D eigenvalue weighted by molar-refractivity contribution is 5.92. The quantitative estimate of drug-likeness (QED) is 0.839. The van der Waals surface area contributed by atoms with E-state index >= 15 is 0 Å². The molecule has 0 amide bonds. The number of anilines is 1. The zero-order chi connectivity index (χ0) is 18.7. The summed E-state index contributed by atoms with van der Waals surface area (Å²) in [5.74, 6) is -0.146. The minimum Gasteiger partial charge on any atom is -0.378 e. The van der Waals surface area contributed by atoms with Crippen LogP contribution in [0.5, 0.6) is 0 Å². The van der Waals surface area contributed by atoms with E-state index in [9.17, 15) is 10.1 Å². The molecule has 1 atom stereocenters. The number of hydrogen-bond acceptors (Lipinski definition) is 6. The lowest BCUT2D eigenvalue weighted by molar-refractivity contribution is -0.126. The van der Waals surface area contributed by atoms with Gasteiger partial charge in [-0.1, -0.05) is 39.0 Å². The summed E-state index contributed by atoms with van der Waals surface area (Å²) >= 11 is 0. The Bertz CT molecular complexity index is 811. The Hall–Kier alpha value is -2.72. The van der Waals surface area contributed by atoms with Crippen molar-refractivity contribution in [3.8, 4) is 11.8 Å². The van der Waals surface area contributed by atoms with Crippen LogP contribution in [0, 0.1) is 16.7 Å². The van der Waals surface area contributed by atoms with Crippen LogP contribution in [0.3, 0.4) is 0 Å². The maximum absolute atomic E-state index is 12.8. The normalized spacial score (nSPS) is 16.2. The number of para-hydroxylation sites is 1. The summed E-state index contributed by atoms with van der Waals surface area (Å²) in [4.78, 5) is 14.9. The number of ether oxygens (including phenoxy) is 1. The number of morpholine rings is 1. The molecule has 0 bridgehead atoms. The van der Waals surface area contributed by atoms with Crippen LogP contribution >= 0.6 is 0 Å². The number of carbonyl (C=O) groups is 1. The van der Waals surface area contributed by atoms with Gasteiger partial charge in [0.25, 0.3) is 0 Å². The van der Waals surface area contributed by atoms with E-state index in [-0.39, 0.29) is 5.78 Å². The molecular weight excluding hydrogens is 330 g/mol. The monoisotopic (exact) mass is 353 g/mol. The third-order valence-corrected chi connectivity index (χ3v) is 4.37. The number of aromatic nitrogens is 3. The first-order chi connectivity index (χ1) is 12.4. The van der Waals surface area contributed by atoms with Crippen molar-refractivity contribution >= 4 is 11.7 Å². The maximum atomic E-state index is 12.8. The third-order valence-electron chi connectivity index (χ3n) is 4.37. The molecule has 0 N–H and O–H groups in total. The summed E-state index contributed by atoms with van der Waals surface area (Å²) in [6.45, 7) is 8.04. The number of Topliss-reactive ketones (excluding diaryl/α,β-unsaturated/α-hetero) is 1. The molecule has 1 aliphatic heterocycles. The van der Waals surface area contributed by atoms with E-state index in [4.69, 9.17) is 4.74 Å². The standard InChI is InChI=1S/C19H23N5O2/c1-19(2,3)16(25)15(13-20)17-21-22-18(23-9-11-26-12-10-23)24(17)14-7-5-4-6-8-14/h4-8,15H,9-12H2,1-3H3. The molecular formula is C19H23N5O2. The summed E-state index contributed by atoms with van der Waals surface area (Å²) in [6, 6.07) is 11.7. The molecule has 26 heavy (non-hydrogen) atoms. The smallest absolute Gasteiger partial charge is 0.232 e. The van der Waals surface area contributed by atoms with Gasteiger partial charge in [0.1, 0.15) is 0 Å². The van der Waals surface area contributed by atoms with Gasteiger partial charge < -0.3 is 9.64 Å². The third kappa shape index (κ3) is 3.46. The van der Waals surface area contributed by atoms with Crippen molar-refractivity contribution in [2.75, 3.05) is 31.2 Å². The molecule has 0 aliphatic carbocycles. The minimum atomic E-state index is -0.975. The highest BCUT2D eigenvalue weighted by Gasteiger charge is 2.36. The van der Waals surface area contributed by atoms with Gasteiger partial charge in [0.05, 0.1) is 25.0 Å². The van der Waals surface area contributed by atoms with Gasteiger partial charge in [-0.15, -0.1) is 10.2 Å². The summed E-state index contributed by atoms with van der Waals surface area (Å²) in [5, 5.41) is 18.3. The number of ketones is 1. The largest absolute Gasteiger partial charge is 0.378 e. The fraction of sp³-hybridized carbons (Fsp3) is 0.474. The van der Waals surface area contributed by atoms with Crippen LogP contribution in [0.1, 0.15) is 32.5 Å². The Labute approximate surface area is 153 Å². The number of carbonyl (C=O) groups excluding carboxylic acids is 1. The molecule has 2 aromatic rings. The molecule has 2 heterocycles. The Balaban J connectivity index is 2.12. The molecule has 0 spiro atoms. The molecule has 1 aromatic heterocycles. The number of nitrogens with zero attached hydrogens (tertiary/aromatic N) is 5. The van der Waals surface area contributed by atoms with Gasteiger partial charge in [0.15, 0.2) is 17.5 Å². The number of hydrogen-bond donors (Lipinski definition) is 0. The van der Waals surface area contributed by atoms with E-state index in [2.05, 4.69) is 21.2 Å². The van der Waals surface area contributed by atoms with Gasteiger partial charge in [0, 0.05) is 18.5 Å². The van der Waals surface area contributed by atoms with E-state index in [1.54, 1.807) is 0 Å². The predicted octanol–water partition coefficient (Wildman–Crippen LogP) is 2.33. The SMILES string of the molecule is CC(C)(C)C(=O)C(C#N)c1nnc(N2CCOCC2)n1-c1ccccc1. The van der Waals surface area contributed by atoms with Crippen molar-refractivity contribution in [2.24, 2.45) is 5.41 Å². The van der Waals surface area contributed by atoms with Gasteiger partial charge in [-0.25, -0.2) is 0 Å². The van der Waals surface area contributed by atoms with E-state index in [1.165, 1.54) is 0 Å². The topological polar surface area (TPSA) is 84.0 Å².